The number of hydrogen-bond acceptors (Lipinski definition) is 4. The van der Waals surface area contributed by atoms with Crippen LogP contribution in [0.25, 0.3) is 0 Å². The lowest BCUT2D eigenvalue weighted by Gasteiger charge is -2.41. The Kier molecular flexibility index (Phi) is 4.62. The van der Waals surface area contributed by atoms with Gasteiger partial charge in [-0.05, 0) is 42.7 Å². The van der Waals surface area contributed by atoms with E-state index >= 15 is 0 Å². The number of para-hydroxylation sites is 1. The van der Waals surface area contributed by atoms with Crippen molar-refractivity contribution in [2.45, 2.75) is 45.1 Å². The lowest BCUT2D eigenvalue weighted by atomic mass is 9.85. The topological polar surface area (TPSA) is 73.5 Å². The fourth-order valence-corrected chi connectivity index (χ4v) is 4.39. The number of hydrogen-bond donors (Lipinski definition) is 3. The fraction of sp³-hybridized carbons (Fsp3) is 0.619. The summed E-state index contributed by atoms with van der Waals surface area (Å²) in [5.41, 5.74) is 2.50. The van der Waals surface area contributed by atoms with Crippen molar-refractivity contribution < 1.29 is 9.59 Å². The molecule has 3 N–H and O–H groups in total. The summed E-state index contributed by atoms with van der Waals surface area (Å²) in [6.45, 7) is 7.92. The second-order valence-corrected chi connectivity index (χ2v) is 8.94. The van der Waals surface area contributed by atoms with Crippen LogP contribution in [0.3, 0.4) is 0 Å². The lowest BCUT2D eigenvalue weighted by Crippen LogP contribution is -2.61. The molecule has 146 valence electrons. The second-order valence-electron chi connectivity index (χ2n) is 8.94. The third-order valence-electron chi connectivity index (χ3n) is 6.28. The van der Waals surface area contributed by atoms with E-state index < -0.39 is 5.54 Å². The standard InChI is InChI=1S/C21H30N4O2/c1-20(2)13-23-19(27)21(24-14-20)8-11-25(12-9-21)18(26)16-7-3-5-15-6-4-10-22-17(15)16/h3,5,7,22,24H,4,6,8-14H2,1-2H3,(H,23,27). The van der Waals surface area contributed by atoms with Crippen LogP contribution in [-0.2, 0) is 11.2 Å². The quantitative estimate of drug-likeness (QED) is 0.704. The number of carbonyl (C=O) groups is 2. The highest BCUT2D eigenvalue weighted by molar-refractivity contribution is 6.00. The maximum atomic E-state index is 13.2. The number of nitrogens with one attached hydrogen (secondary N) is 3. The van der Waals surface area contributed by atoms with Gasteiger partial charge in [-0.1, -0.05) is 26.0 Å². The third-order valence-corrected chi connectivity index (χ3v) is 6.28. The number of benzene rings is 1. The molecule has 3 heterocycles. The van der Waals surface area contributed by atoms with Crippen LogP contribution in [0.4, 0.5) is 5.69 Å². The number of fused-ring (bicyclic) bond motifs is 1. The van der Waals surface area contributed by atoms with Gasteiger partial charge in [-0.15, -0.1) is 0 Å². The van der Waals surface area contributed by atoms with E-state index in [1.807, 2.05) is 17.0 Å². The molecule has 3 aliphatic heterocycles. The summed E-state index contributed by atoms with van der Waals surface area (Å²) < 4.78 is 0. The predicted octanol–water partition coefficient (Wildman–Crippen LogP) is 1.77. The van der Waals surface area contributed by atoms with E-state index in [0.717, 1.165) is 37.2 Å². The molecule has 3 aliphatic rings. The summed E-state index contributed by atoms with van der Waals surface area (Å²) >= 11 is 0. The zero-order chi connectivity index (χ0) is 19.1. The van der Waals surface area contributed by atoms with Crippen LogP contribution in [0, 0.1) is 5.41 Å². The van der Waals surface area contributed by atoms with E-state index in [2.05, 4.69) is 35.9 Å². The highest BCUT2D eigenvalue weighted by Gasteiger charge is 2.45. The third kappa shape index (κ3) is 3.43. The first-order valence-corrected chi connectivity index (χ1v) is 10.1. The van der Waals surface area contributed by atoms with Crippen molar-refractivity contribution in [2.75, 3.05) is 38.0 Å². The summed E-state index contributed by atoms with van der Waals surface area (Å²) in [5, 5.41) is 10.0. The van der Waals surface area contributed by atoms with Gasteiger partial charge in [0, 0.05) is 32.7 Å². The molecule has 0 atom stereocenters. The summed E-state index contributed by atoms with van der Waals surface area (Å²) in [4.78, 5) is 27.8. The van der Waals surface area contributed by atoms with Gasteiger partial charge < -0.3 is 20.9 Å². The van der Waals surface area contributed by atoms with Gasteiger partial charge in [-0.25, -0.2) is 0 Å². The Bertz CT molecular complexity index is 751. The van der Waals surface area contributed by atoms with Gasteiger partial charge in [-0.3, -0.25) is 9.59 Å². The molecule has 2 fully saturated rings. The van der Waals surface area contributed by atoms with Crippen molar-refractivity contribution in [2.24, 2.45) is 5.41 Å². The number of piperidine rings is 1. The Balaban J connectivity index is 1.48. The van der Waals surface area contributed by atoms with Crippen molar-refractivity contribution in [3.8, 4) is 0 Å². The van der Waals surface area contributed by atoms with E-state index in [1.54, 1.807) is 0 Å². The number of carbonyl (C=O) groups excluding carboxylic acids is 2. The molecule has 0 radical (unpaired) electrons. The number of nitrogens with zero attached hydrogens (tertiary/aromatic N) is 1. The molecule has 4 rings (SSSR count). The highest BCUT2D eigenvalue weighted by atomic mass is 16.2. The van der Waals surface area contributed by atoms with Crippen LogP contribution in [0.5, 0.6) is 0 Å². The molecule has 1 spiro atoms. The lowest BCUT2D eigenvalue weighted by molar-refractivity contribution is -0.128. The van der Waals surface area contributed by atoms with Crippen molar-refractivity contribution >= 4 is 17.5 Å². The Hall–Kier alpha value is -2.08. The minimum Gasteiger partial charge on any atom is -0.384 e. The van der Waals surface area contributed by atoms with Gasteiger partial charge in [-0.2, -0.15) is 0 Å². The second kappa shape index (κ2) is 6.82. The van der Waals surface area contributed by atoms with Crippen molar-refractivity contribution in [1.82, 2.24) is 15.5 Å². The molecule has 1 aromatic rings. The maximum Gasteiger partial charge on any atom is 0.255 e. The Morgan fingerprint density at radius 3 is 2.67 bits per heavy atom. The van der Waals surface area contributed by atoms with Gasteiger partial charge in [0.05, 0.1) is 11.3 Å². The van der Waals surface area contributed by atoms with Gasteiger partial charge in [0.25, 0.3) is 5.91 Å². The number of aryl methyl sites for hydroxylation is 1. The van der Waals surface area contributed by atoms with E-state index in [-0.39, 0.29) is 17.2 Å². The minimum atomic E-state index is -0.543. The minimum absolute atomic E-state index is 0.0425. The zero-order valence-electron chi connectivity index (χ0n) is 16.4. The smallest absolute Gasteiger partial charge is 0.255 e. The first-order valence-electron chi connectivity index (χ1n) is 10.1. The van der Waals surface area contributed by atoms with Crippen LogP contribution >= 0.6 is 0 Å². The SMILES string of the molecule is CC1(C)CNC(=O)C2(CCN(C(=O)c3cccc4c3NCCC4)CC2)NC1. The van der Waals surface area contributed by atoms with Crippen molar-refractivity contribution in [3.63, 3.8) is 0 Å². The van der Waals surface area contributed by atoms with Crippen LogP contribution in [-0.4, -0.2) is 55.0 Å². The molecule has 1 aromatic carbocycles. The molecule has 0 aromatic heterocycles. The van der Waals surface area contributed by atoms with Gasteiger partial charge in [0.2, 0.25) is 5.91 Å². The molecular formula is C21H30N4O2. The monoisotopic (exact) mass is 370 g/mol. The normalized spacial score (nSPS) is 23.8. The molecule has 6 heteroatoms. The number of amides is 2. The summed E-state index contributed by atoms with van der Waals surface area (Å²) in [6, 6.07) is 6.00. The molecule has 2 saturated heterocycles. The number of likely N-dealkylation sites (tertiary alicyclic amines) is 1. The van der Waals surface area contributed by atoms with Gasteiger partial charge >= 0.3 is 0 Å². The zero-order valence-corrected chi connectivity index (χ0v) is 16.4. The molecule has 6 nitrogen and oxygen atoms in total. The Morgan fingerprint density at radius 1 is 1.11 bits per heavy atom. The van der Waals surface area contributed by atoms with E-state index in [4.69, 9.17) is 0 Å². The molecule has 0 unspecified atom stereocenters. The van der Waals surface area contributed by atoms with Gasteiger partial charge in [0.1, 0.15) is 5.54 Å². The number of anilines is 1. The highest BCUT2D eigenvalue weighted by Crippen LogP contribution is 2.31. The van der Waals surface area contributed by atoms with E-state index in [0.29, 0.717) is 32.5 Å². The van der Waals surface area contributed by atoms with Crippen LogP contribution < -0.4 is 16.0 Å². The van der Waals surface area contributed by atoms with Crippen LogP contribution in [0.1, 0.15) is 49.0 Å². The average Bonchev–Trinajstić information content (AvgIpc) is 2.80. The molecule has 0 aliphatic carbocycles. The maximum absolute atomic E-state index is 13.2. The first-order chi connectivity index (χ1) is 12.9. The summed E-state index contributed by atoms with van der Waals surface area (Å²) in [6.07, 6.45) is 3.44. The number of rotatable bonds is 1. The van der Waals surface area contributed by atoms with Crippen LogP contribution in [0.2, 0.25) is 0 Å². The Morgan fingerprint density at radius 2 is 1.89 bits per heavy atom. The molecule has 2 amide bonds. The van der Waals surface area contributed by atoms with E-state index in [1.165, 1.54) is 5.56 Å². The predicted molar refractivity (Wildman–Crippen MR) is 106 cm³/mol. The fourth-order valence-electron chi connectivity index (χ4n) is 4.39. The molecular weight excluding hydrogens is 340 g/mol. The molecule has 27 heavy (non-hydrogen) atoms. The van der Waals surface area contributed by atoms with Crippen LogP contribution in [0.15, 0.2) is 18.2 Å². The average molecular weight is 370 g/mol. The van der Waals surface area contributed by atoms with Crippen molar-refractivity contribution in [3.05, 3.63) is 29.3 Å². The summed E-state index contributed by atoms with van der Waals surface area (Å²) in [7, 11) is 0. The first kappa shape index (κ1) is 18.3. The largest absolute Gasteiger partial charge is 0.384 e. The van der Waals surface area contributed by atoms with E-state index in [9.17, 15) is 9.59 Å². The Labute approximate surface area is 161 Å². The molecule has 0 saturated carbocycles. The molecule has 0 bridgehead atoms. The summed E-state index contributed by atoms with van der Waals surface area (Å²) in [5.74, 6) is 0.157. The van der Waals surface area contributed by atoms with Gasteiger partial charge in [0.15, 0.2) is 0 Å². The van der Waals surface area contributed by atoms with Crippen molar-refractivity contribution in [1.29, 1.82) is 0 Å².